The second kappa shape index (κ2) is 7.90. The molecule has 6 nitrogen and oxygen atoms in total. The van der Waals surface area contributed by atoms with Gasteiger partial charge in [-0.1, -0.05) is 17.7 Å². The highest BCUT2D eigenvalue weighted by atomic mass is 35.5. The van der Waals surface area contributed by atoms with Gasteiger partial charge in [-0.25, -0.2) is 5.43 Å². The summed E-state index contributed by atoms with van der Waals surface area (Å²) in [5.74, 6) is -0.809. The van der Waals surface area contributed by atoms with Gasteiger partial charge in [0, 0.05) is 23.0 Å². The first kappa shape index (κ1) is 15.7. The number of aromatic nitrogens is 1. The van der Waals surface area contributed by atoms with Crippen LogP contribution in [0.5, 0.6) is 0 Å². The Bertz CT molecular complexity index is 689. The van der Waals surface area contributed by atoms with Gasteiger partial charge in [-0.05, 0) is 35.9 Å². The summed E-state index contributed by atoms with van der Waals surface area (Å²) >= 11 is 5.80. The van der Waals surface area contributed by atoms with Crippen LogP contribution < -0.4 is 10.7 Å². The molecular formula is C15H13ClN4O2. The molecule has 0 saturated heterocycles. The van der Waals surface area contributed by atoms with Crippen molar-refractivity contribution in [2.24, 2.45) is 5.10 Å². The van der Waals surface area contributed by atoms with Crippen molar-refractivity contribution in [1.29, 1.82) is 0 Å². The van der Waals surface area contributed by atoms with Crippen molar-refractivity contribution in [3.05, 3.63) is 64.9 Å². The Morgan fingerprint density at radius 3 is 2.73 bits per heavy atom. The highest BCUT2D eigenvalue weighted by Gasteiger charge is 2.07. The zero-order chi connectivity index (χ0) is 15.8. The molecule has 0 aliphatic rings. The third kappa shape index (κ3) is 4.99. The number of carbonyl (C=O) groups is 2. The monoisotopic (exact) mass is 316 g/mol. The van der Waals surface area contributed by atoms with Gasteiger partial charge >= 0.3 is 0 Å². The molecule has 0 atom stereocenters. The van der Waals surface area contributed by atoms with E-state index in [-0.39, 0.29) is 12.5 Å². The average Bonchev–Trinajstić information content (AvgIpc) is 2.53. The molecule has 2 rings (SSSR count). The molecule has 112 valence electrons. The third-order valence-corrected chi connectivity index (χ3v) is 2.84. The lowest BCUT2D eigenvalue weighted by Crippen LogP contribution is -2.34. The molecule has 22 heavy (non-hydrogen) atoms. The Morgan fingerprint density at radius 1 is 1.23 bits per heavy atom. The summed E-state index contributed by atoms with van der Waals surface area (Å²) in [6, 6.07) is 9.96. The molecule has 1 heterocycles. The van der Waals surface area contributed by atoms with Crippen LogP contribution in [0.4, 0.5) is 0 Å². The van der Waals surface area contributed by atoms with E-state index in [0.29, 0.717) is 10.6 Å². The molecule has 0 fully saturated rings. The number of carbonyl (C=O) groups excluding carboxylic acids is 2. The number of hydrogen-bond donors (Lipinski definition) is 2. The fourth-order valence-corrected chi connectivity index (χ4v) is 1.75. The summed E-state index contributed by atoms with van der Waals surface area (Å²) in [6.07, 6.45) is 4.72. The Labute approximate surface area is 132 Å². The van der Waals surface area contributed by atoms with Crippen molar-refractivity contribution in [1.82, 2.24) is 15.7 Å². The van der Waals surface area contributed by atoms with E-state index in [9.17, 15) is 9.59 Å². The van der Waals surface area contributed by atoms with Crippen molar-refractivity contribution in [2.45, 2.75) is 0 Å². The first-order valence-electron chi connectivity index (χ1n) is 6.41. The van der Waals surface area contributed by atoms with E-state index >= 15 is 0 Å². The van der Waals surface area contributed by atoms with Gasteiger partial charge in [-0.15, -0.1) is 0 Å². The Hall–Kier alpha value is -2.73. The van der Waals surface area contributed by atoms with Crippen molar-refractivity contribution < 1.29 is 9.59 Å². The number of rotatable bonds is 5. The van der Waals surface area contributed by atoms with E-state index in [1.54, 1.807) is 42.7 Å². The van der Waals surface area contributed by atoms with E-state index < -0.39 is 5.91 Å². The molecule has 0 aliphatic carbocycles. The molecule has 0 spiro atoms. The fourth-order valence-electron chi connectivity index (χ4n) is 1.56. The Kier molecular flexibility index (Phi) is 5.62. The summed E-state index contributed by atoms with van der Waals surface area (Å²) in [7, 11) is 0. The van der Waals surface area contributed by atoms with Gasteiger partial charge < -0.3 is 5.32 Å². The smallest absolute Gasteiger partial charge is 0.259 e. The van der Waals surface area contributed by atoms with E-state index in [1.807, 2.05) is 0 Å². The predicted molar refractivity (Wildman–Crippen MR) is 83.8 cm³/mol. The van der Waals surface area contributed by atoms with Gasteiger partial charge in [0.2, 0.25) is 0 Å². The molecule has 2 N–H and O–H groups in total. The van der Waals surface area contributed by atoms with Crippen LogP contribution in [0.3, 0.4) is 0 Å². The maximum Gasteiger partial charge on any atom is 0.259 e. The number of halogens is 1. The minimum absolute atomic E-state index is 0.182. The largest absolute Gasteiger partial charge is 0.343 e. The van der Waals surface area contributed by atoms with Crippen LogP contribution in [0.15, 0.2) is 53.9 Å². The minimum atomic E-state index is -0.430. The lowest BCUT2D eigenvalue weighted by Gasteiger charge is -2.04. The molecule has 0 aliphatic heterocycles. The molecule has 0 unspecified atom stereocenters. The summed E-state index contributed by atoms with van der Waals surface area (Å²) in [5.41, 5.74) is 3.51. The maximum absolute atomic E-state index is 11.8. The standard InChI is InChI=1S/C15H13ClN4O2/c16-13-3-1-2-12(8-13)15(22)18-10-14(21)20-19-9-11-4-6-17-7-5-11/h1-9H,10H2,(H,18,22)(H,20,21). The fraction of sp³-hybridized carbons (Fsp3) is 0.0667. The van der Waals surface area contributed by atoms with Gasteiger partial charge in [0.1, 0.15) is 0 Å². The first-order chi connectivity index (χ1) is 10.6. The molecular weight excluding hydrogens is 304 g/mol. The number of nitrogens with one attached hydrogen (secondary N) is 2. The quantitative estimate of drug-likeness (QED) is 0.649. The van der Waals surface area contributed by atoms with Crippen LogP contribution in [0.1, 0.15) is 15.9 Å². The second-order valence-electron chi connectivity index (χ2n) is 4.27. The molecule has 7 heteroatoms. The van der Waals surface area contributed by atoms with Gasteiger partial charge in [0.15, 0.2) is 0 Å². The summed E-state index contributed by atoms with van der Waals surface area (Å²) in [6.45, 7) is -0.182. The number of amides is 2. The highest BCUT2D eigenvalue weighted by molar-refractivity contribution is 6.30. The van der Waals surface area contributed by atoms with Crippen LogP contribution in [-0.4, -0.2) is 29.6 Å². The minimum Gasteiger partial charge on any atom is -0.343 e. The first-order valence-corrected chi connectivity index (χ1v) is 6.78. The molecule has 1 aromatic heterocycles. The van der Waals surface area contributed by atoms with Gasteiger partial charge in [0.05, 0.1) is 12.8 Å². The number of benzene rings is 1. The number of nitrogens with zero attached hydrogens (tertiary/aromatic N) is 2. The maximum atomic E-state index is 11.8. The predicted octanol–water partition coefficient (Wildman–Crippen LogP) is 1.62. The highest BCUT2D eigenvalue weighted by Crippen LogP contribution is 2.10. The summed E-state index contributed by atoms with van der Waals surface area (Å²) in [5, 5.41) is 6.72. The van der Waals surface area contributed by atoms with E-state index in [2.05, 4.69) is 20.8 Å². The van der Waals surface area contributed by atoms with Crippen LogP contribution >= 0.6 is 11.6 Å². The van der Waals surface area contributed by atoms with Crippen LogP contribution in [0.2, 0.25) is 5.02 Å². The second-order valence-corrected chi connectivity index (χ2v) is 4.70. The van der Waals surface area contributed by atoms with Crippen molar-refractivity contribution in [2.75, 3.05) is 6.54 Å². The van der Waals surface area contributed by atoms with Gasteiger partial charge in [0.25, 0.3) is 11.8 Å². The molecule has 0 radical (unpaired) electrons. The molecule has 0 bridgehead atoms. The Balaban J connectivity index is 1.78. The van der Waals surface area contributed by atoms with Gasteiger partial charge in [-0.3, -0.25) is 14.6 Å². The van der Waals surface area contributed by atoms with Crippen molar-refractivity contribution in [3.63, 3.8) is 0 Å². The number of hydrazone groups is 1. The van der Waals surface area contributed by atoms with Crippen molar-refractivity contribution >= 4 is 29.6 Å². The zero-order valence-corrected chi connectivity index (χ0v) is 12.2. The zero-order valence-electron chi connectivity index (χ0n) is 11.5. The topological polar surface area (TPSA) is 83.5 Å². The van der Waals surface area contributed by atoms with Gasteiger partial charge in [-0.2, -0.15) is 5.10 Å². The lowest BCUT2D eigenvalue weighted by molar-refractivity contribution is -0.120. The SMILES string of the molecule is O=C(CNC(=O)c1cccc(Cl)c1)NN=Cc1ccncc1. The normalized spacial score (nSPS) is 10.4. The Morgan fingerprint density at radius 2 is 2.00 bits per heavy atom. The van der Waals surface area contributed by atoms with Crippen LogP contribution in [0.25, 0.3) is 0 Å². The molecule has 2 amide bonds. The van der Waals surface area contributed by atoms with E-state index in [0.717, 1.165) is 5.56 Å². The van der Waals surface area contributed by atoms with E-state index in [1.165, 1.54) is 12.3 Å². The lowest BCUT2D eigenvalue weighted by atomic mass is 10.2. The summed E-state index contributed by atoms with van der Waals surface area (Å²) < 4.78 is 0. The van der Waals surface area contributed by atoms with Crippen molar-refractivity contribution in [3.8, 4) is 0 Å². The van der Waals surface area contributed by atoms with E-state index in [4.69, 9.17) is 11.6 Å². The average molecular weight is 317 g/mol. The molecule has 2 aromatic rings. The number of hydrogen-bond acceptors (Lipinski definition) is 4. The van der Waals surface area contributed by atoms with Crippen LogP contribution in [-0.2, 0) is 4.79 Å². The molecule has 0 saturated carbocycles. The number of pyridine rings is 1. The molecule has 1 aromatic carbocycles. The third-order valence-electron chi connectivity index (χ3n) is 2.61. The summed E-state index contributed by atoms with van der Waals surface area (Å²) in [4.78, 5) is 27.2. The van der Waals surface area contributed by atoms with Crippen LogP contribution in [0, 0.1) is 0 Å².